The van der Waals surface area contributed by atoms with Crippen LogP contribution in [0.25, 0.3) is 49.7 Å². The van der Waals surface area contributed by atoms with Crippen molar-refractivity contribution < 1.29 is 0 Å². The molecule has 0 bridgehead atoms. The molecule has 0 saturated carbocycles. The standard InChI is InChI=1S/C37H24N2/c38-25-10-7-9-23(21-25)24-19-20-27-26-11-1-3-14-30(26)37(33(27)22-24)31-15-4-6-18-35(31)39-34-17-5-2-12-28(34)29-13-8-16-32(37)36(29)39/h1-22H,38H2. The SMILES string of the molecule is Nc1cccc(-c2ccc3c(c2)C2(c4ccccc4-3)c3ccccc3-n3c4ccccc4c4cccc2c43)c1. The molecule has 2 N–H and O–H groups in total. The normalized spacial score (nSPS) is 16.4. The highest BCUT2D eigenvalue weighted by Gasteiger charge is 2.50. The van der Waals surface area contributed by atoms with E-state index in [4.69, 9.17) is 5.73 Å². The minimum atomic E-state index is -0.428. The quantitative estimate of drug-likeness (QED) is 0.226. The van der Waals surface area contributed by atoms with Crippen molar-refractivity contribution in [2.24, 2.45) is 0 Å². The number of anilines is 1. The van der Waals surface area contributed by atoms with E-state index in [1.165, 1.54) is 66.4 Å². The number of nitrogen functional groups attached to an aromatic ring is 1. The number of benzene rings is 6. The molecule has 2 heteroatoms. The Kier molecular flexibility index (Phi) is 3.90. The molecule has 1 spiro atoms. The van der Waals surface area contributed by atoms with Crippen LogP contribution >= 0.6 is 0 Å². The van der Waals surface area contributed by atoms with Crippen molar-refractivity contribution in [3.63, 3.8) is 0 Å². The van der Waals surface area contributed by atoms with Crippen molar-refractivity contribution in [1.29, 1.82) is 0 Å². The molecule has 0 radical (unpaired) electrons. The lowest BCUT2D eigenvalue weighted by atomic mass is 9.65. The number of hydrogen-bond donors (Lipinski definition) is 1. The van der Waals surface area contributed by atoms with E-state index in [0.29, 0.717) is 0 Å². The van der Waals surface area contributed by atoms with E-state index >= 15 is 0 Å². The maximum absolute atomic E-state index is 6.22. The molecular weight excluding hydrogens is 472 g/mol. The number of aromatic nitrogens is 1. The maximum atomic E-state index is 6.22. The molecule has 0 fully saturated rings. The molecule has 6 aromatic carbocycles. The number of rotatable bonds is 1. The van der Waals surface area contributed by atoms with Crippen LogP contribution in [-0.2, 0) is 5.41 Å². The molecule has 1 aliphatic heterocycles. The van der Waals surface area contributed by atoms with Crippen LogP contribution in [0.3, 0.4) is 0 Å². The third-order valence-corrected chi connectivity index (χ3v) is 8.91. The van der Waals surface area contributed by atoms with Gasteiger partial charge in [0.05, 0.1) is 22.1 Å². The summed E-state index contributed by atoms with van der Waals surface area (Å²) in [7, 11) is 0. The van der Waals surface area contributed by atoms with Crippen LogP contribution in [0.5, 0.6) is 0 Å². The van der Waals surface area contributed by atoms with E-state index in [1.54, 1.807) is 0 Å². The van der Waals surface area contributed by atoms with Gasteiger partial charge >= 0.3 is 0 Å². The number of hydrogen-bond acceptors (Lipinski definition) is 1. The largest absolute Gasteiger partial charge is 0.399 e. The van der Waals surface area contributed by atoms with Crippen LogP contribution in [0.15, 0.2) is 133 Å². The van der Waals surface area contributed by atoms with Gasteiger partial charge in [-0.25, -0.2) is 0 Å². The Morgan fingerprint density at radius 1 is 0.487 bits per heavy atom. The molecule has 1 aromatic heterocycles. The molecule has 1 unspecified atom stereocenters. The minimum absolute atomic E-state index is 0.428. The van der Waals surface area contributed by atoms with Gasteiger partial charge in [-0.15, -0.1) is 0 Å². The van der Waals surface area contributed by atoms with Crippen molar-refractivity contribution in [3.05, 3.63) is 156 Å². The zero-order valence-electron chi connectivity index (χ0n) is 21.2. The fourth-order valence-electron chi connectivity index (χ4n) is 7.46. The average Bonchev–Trinajstić information content (AvgIpc) is 3.48. The lowest BCUT2D eigenvalue weighted by Gasteiger charge is -2.39. The van der Waals surface area contributed by atoms with Crippen LogP contribution < -0.4 is 5.73 Å². The van der Waals surface area contributed by atoms with Crippen molar-refractivity contribution in [1.82, 2.24) is 4.57 Å². The van der Waals surface area contributed by atoms with Crippen LogP contribution in [0, 0.1) is 0 Å². The summed E-state index contributed by atoms with van der Waals surface area (Å²) in [6.45, 7) is 0. The van der Waals surface area contributed by atoms with Gasteiger partial charge in [-0.2, -0.15) is 0 Å². The maximum Gasteiger partial charge on any atom is 0.0754 e. The van der Waals surface area contributed by atoms with E-state index < -0.39 is 5.41 Å². The summed E-state index contributed by atoms with van der Waals surface area (Å²) >= 11 is 0. The fraction of sp³-hybridized carbons (Fsp3) is 0.0270. The molecule has 0 saturated heterocycles. The van der Waals surface area contributed by atoms with Gasteiger partial charge in [-0.3, -0.25) is 0 Å². The van der Waals surface area contributed by atoms with Crippen molar-refractivity contribution in [2.75, 3.05) is 5.73 Å². The first-order valence-electron chi connectivity index (χ1n) is 13.5. The Morgan fingerprint density at radius 3 is 2.10 bits per heavy atom. The molecule has 2 aliphatic rings. The molecule has 1 atom stereocenters. The average molecular weight is 497 g/mol. The smallest absolute Gasteiger partial charge is 0.0754 e. The molecule has 182 valence electrons. The molecule has 9 rings (SSSR count). The van der Waals surface area contributed by atoms with Gasteiger partial charge in [0.2, 0.25) is 0 Å². The summed E-state index contributed by atoms with van der Waals surface area (Å²) in [6, 6.07) is 48.9. The summed E-state index contributed by atoms with van der Waals surface area (Å²) in [5.74, 6) is 0. The Balaban J connectivity index is 1.50. The first kappa shape index (κ1) is 20.9. The fourth-order valence-corrected chi connectivity index (χ4v) is 7.46. The van der Waals surface area contributed by atoms with Gasteiger partial charge in [0.15, 0.2) is 0 Å². The molecular formula is C37H24N2. The second-order valence-electron chi connectivity index (χ2n) is 10.8. The highest BCUT2D eigenvalue weighted by Crippen LogP contribution is 2.61. The molecule has 7 aromatic rings. The predicted molar refractivity (Wildman–Crippen MR) is 161 cm³/mol. The second-order valence-corrected chi connectivity index (χ2v) is 10.8. The highest BCUT2D eigenvalue weighted by atomic mass is 15.0. The Bertz CT molecular complexity index is 2150. The van der Waals surface area contributed by atoms with Crippen LogP contribution in [-0.4, -0.2) is 4.57 Å². The van der Waals surface area contributed by atoms with Crippen LogP contribution in [0.4, 0.5) is 5.69 Å². The third-order valence-electron chi connectivity index (χ3n) is 8.91. The summed E-state index contributed by atoms with van der Waals surface area (Å²) in [6.07, 6.45) is 0. The number of nitrogens with two attached hydrogens (primary N) is 1. The summed E-state index contributed by atoms with van der Waals surface area (Å²) < 4.78 is 2.49. The van der Waals surface area contributed by atoms with Crippen molar-refractivity contribution >= 4 is 27.5 Å². The number of nitrogens with zero attached hydrogens (tertiary/aromatic N) is 1. The van der Waals surface area contributed by atoms with E-state index in [-0.39, 0.29) is 0 Å². The van der Waals surface area contributed by atoms with Gasteiger partial charge < -0.3 is 10.3 Å². The van der Waals surface area contributed by atoms with Crippen LogP contribution in [0.1, 0.15) is 22.3 Å². The minimum Gasteiger partial charge on any atom is -0.399 e. The molecule has 39 heavy (non-hydrogen) atoms. The second kappa shape index (κ2) is 7.27. The van der Waals surface area contributed by atoms with Gasteiger partial charge in [-0.1, -0.05) is 103 Å². The van der Waals surface area contributed by atoms with Gasteiger partial charge in [0.1, 0.15) is 0 Å². The first-order valence-corrected chi connectivity index (χ1v) is 13.5. The molecule has 0 amide bonds. The van der Waals surface area contributed by atoms with Gasteiger partial charge in [-0.05, 0) is 74.8 Å². The Hall–Kier alpha value is -5.08. The predicted octanol–water partition coefficient (Wildman–Crippen LogP) is 8.71. The summed E-state index contributed by atoms with van der Waals surface area (Å²) in [5.41, 5.74) is 20.6. The van der Waals surface area contributed by atoms with Crippen molar-refractivity contribution in [2.45, 2.75) is 5.41 Å². The monoisotopic (exact) mass is 496 g/mol. The van der Waals surface area contributed by atoms with Gasteiger partial charge in [0.25, 0.3) is 0 Å². The molecule has 2 nitrogen and oxygen atoms in total. The Labute approximate surface area is 226 Å². The van der Waals surface area contributed by atoms with Gasteiger partial charge in [0, 0.05) is 16.5 Å². The Morgan fingerprint density at radius 2 is 1.18 bits per heavy atom. The number of fused-ring (bicyclic) bond motifs is 12. The zero-order valence-corrected chi connectivity index (χ0v) is 21.2. The van der Waals surface area contributed by atoms with E-state index in [2.05, 4.69) is 126 Å². The first-order chi connectivity index (χ1) is 19.3. The topological polar surface area (TPSA) is 30.9 Å². The molecule has 1 aliphatic carbocycles. The summed E-state index contributed by atoms with van der Waals surface area (Å²) in [4.78, 5) is 0. The van der Waals surface area contributed by atoms with E-state index in [0.717, 1.165) is 11.3 Å². The lowest BCUT2D eigenvalue weighted by molar-refractivity contribution is 0.749. The molecule has 2 heterocycles. The highest BCUT2D eigenvalue weighted by molar-refractivity contribution is 6.12. The van der Waals surface area contributed by atoms with Crippen LogP contribution in [0.2, 0.25) is 0 Å². The van der Waals surface area contributed by atoms with E-state index in [9.17, 15) is 0 Å². The van der Waals surface area contributed by atoms with Crippen molar-refractivity contribution in [3.8, 4) is 27.9 Å². The summed E-state index contributed by atoms with van der Waals surface area (Å²) in [5, 5.41) is 2.59. The lowest BCUT2D eigenvalue weighted by Crippen LogP contribution is -2.33. The van der Waals surface area contributed by atoms with E-state index in [1.807, 2.05) is 12.1 Å². The zero-order chi connectivity index (χ0) is 25.7. The number of para-hydroxylation sites is 3. The third kappa shape index (κ3) is 2.47.